The third kappa shape index (κ3) is 1.54. The highest BCUT2D eigenvalue weighted by molar-refractivity contribution is 7.13. The van der Waals surface area contributed by atoms with Gasteiger partial charge in [0.2, 0.25) is 0 Å². The molecule has 0 aromatic carbocycles. The smallest absolute Gasteiger partial charge is 0.197 e. The van der Waals surface area contributed by atoms with Crippen LogP contribution in [0.3, 0.4) is 0 Å². The van der Waals surface area contributed by atoms with Crippen molar-refractivity contribution in [1.82, 2.24) is 4.98 Å². The van der Waals surface area contributed by atoms with Crippen LogP contribution in [0, 0.1) is 23.7 Å². The number of thiazole rings is 1. The maximum Gasteiger partial charge on any atom is 0.197 e. The molecule has 3 nitrogen and oxygen atoms in total. The van der Waals surface area contributed by atoms with E-state index in [2.05, 4.69) is 15.8 Å². The zero-order valence-electron chi connectivity index (χ0n) is 9.93. The summed E-state index contributed by atoms with van der Waals surface area (Å²) in [6, 6.07) is 0. The minimum atomic E-state index is 0.737. The van der Waals surface area contributed by atoms with Gasteiger partial charge in [-0.25, -0.2) is 10.8 Å². The van der Waals surface area contributed by atoms with E-state index in [4.69, 9.17) is 5.84 Å². The van der Waals surface area contributed by atoms with Gasteiger partial charge in [0.15, 0.2) is 5.13 Å². The molecule has 0 atom stereocenters. The predicted molar refractivity (Wildman–Crippen MR) is 69.7 cm³/mol. The van der Waals surface area contributed by atoms with Crippen molar-refractivity contribution in [1.29, 1.82) is 0 Å². The SMILES string of the molecule is NNc1nc(C2C3CC4CC(C3)CC2C4)cs1. The van der Waals surface area contributed by atoms with Crippen LogP contribution < -0.4 is 11.3 Å². The van der Waals surface area contributed by atoms with Gasteiger partial charge in [-0.1, -0.05) is 0 Å². The van der Waals surface area contributed by atoms with Gasteiger partial charge in [-0.05, 0) is 55.8 Å². The molecule has 3 N–H and O–H groups in total. The van der Waals surface area contributed by atoms with Gasteiger partial charge >= 0.3 is 0 Å². The van der Waals surface area contributed by atoms with Gasteiger partial charge in [-0.3, -0.25) is 5.43 Å². The summed E-state index contributed by atoms with van der Waals surface area (Å²) in [5.74, 6) is 10.1. The molecule has 0 amide bonds. The Labute approximate surface area is 106 Å². The van der Waals surface area contributed by atoms with Crippen LogP contribution in [0.15, 0.2) is 5.38 Å². The van der Waals surface area contributed by atoms with Crippen LogP contribution in [0.2, 0.25) is 0 Å². The van der Waals surface area contributed by atoms with Crippen LogP contribution in [0.4, 0.5) is 5.13 Å². The van der Waals surface area contributed by atoms with Crippen molar-refractivity contribution < 1.29 is 0 Å². The monoisotopic (exact) mass is 249 g/mol. The van der Waals surface area contributed by atoms with E-state index in [9.17, 15) is 0 Å². The molecule has 0 spiro atoms. The quantitative estimate of drug-likeness (QED) is 0.626. The highest BCUT2D eigenvalue weighted by Gasteiger charge is 2.49. The van der Waals surface area contributed by atoms with E-state index in [-0.39, 0.29) is 0 Å². The fourth-order valence-electron chi connectivity index (χ4n) is 4.91. The van der Waals surface area contributed by atoms with E-state index in [1.807, 2.05) is 0 Å². The first-order valence-electron chi connectivity index (χ1n) is 6.75. The molecule has 1 aromatic rings. The molecule has 17 heavy (non-hydrogen) atoms. The summed E-state index contributed by atoms with van der Waals surface area (Å²) in [5, 5.41) is 3.09. The van der Waals surface area contributed by atoms with Crippen molar-refractivity contribution in [3.63, 3.8) is 0 Å². The molecule has 4 aliphatic rings. The molecule has 4 saturated carbocycles. The third-order valence-electron chi connectivity index (χ3n) is 5.21. The molecular formula is C13H19N3S. The molecule has 0 aliphatic heterocycles. The van der Waals surface area contributed by atoms with E-state index in [1.54, 1.807) is 11.3 Å². The van der Waals surface area contributed by atoms with E-state index in [0.717, 1.165) is 34.7 Å². The molecule has 4 fully saturated rings. The summed E-state index contributed by atoms with van der Waals surface area (Å²) in [6.07, 6.45) is 7.36. The number of hydrazine groups is 1. The Balaban J connectivity index is 1.65. The Bertz CT molecular complexity index is 400. The summed E-state index contributed by atoms with van der Waals surface area (Å²) >= 11 is 1.65. The van der Waals surface area contributed by atoms with Crippen molar-refractivity contribution in [2.45, 2.75) is 38.0 Å². The van der Waals surface area contributed by atoms with E-state index >= 15 is 0 Å². The fourth-order valence-corrected chi connectivity index (χ4v) is 5.58. The van der Waals surface area contributed by atoms with E-state index in [1.165, 1.54) is 37.8 Å². The second-order valence-electron chi connectivity index (χ2n) is 6.18. The number of nitrogen functional groups attached to an aromatic ring is 1. The minimum Gasteiger partial charge on any atom is -0.300 e. The average molecular weight is 249 g/mol. The topological polar surface area (TPSA) is 50.9 Å². The largest absolute Gasteiger partial charge is 0.300 e. The maximum atomic E-state index is 5.44. The van der Waals surface area contributed by atoms with Gasteiger partial charge in [0.25, 0.3) is 0 Å². The molecule has 4 heteroatoms. The van der Waals surface area contributed by atoms with Crippen molar-refractivity contribution in [2.24, 2.45) is 29.5 Å². The van der Waals surface area contributed by atoms with Crippen LogP contribution in [0.25, 0.3) is 0 Å². The molecule has 4 aliphatic carbocycles. The maximum absolute atomic E-state index is 5.44. The molecule has 1 aromatic heterocycles. The van der Waals surface area contributed by atoms with Gasteiger partial charge < -0.3 is 0 Å². The number of hydrogen-bond donors (Lipinski definition) is 2. The zero-order valence-corrected chi connectivity index (χ0v) is 10.7. The summed E-state index contributed by atoms with van der Waals surface area (Å²) in [6.45, 7) is 0. The van der Waals surface area contributed by atoms with Gasteiger partial charge in [0.05, 0.1) is 5.69 Å². The van der Waals surface area contributed by atoms with Gasteiger partial charge in [0, 0.05) is 11.3 Å². The first-order chi connectivity index (χ1) is 8.33. The summed E-state index contributed by atoms with van der Waals surface area (Å²) in [5.41, 5.74) is 3.99. The molecule has 4 bridgehead atoms. The molecular weight excluding hydrogens is 230 g/mol. The average Bonchev–Trinajstić information content (AvgIpc) is 2.76. The second kappa shape index (κ2) is 3.69. The Hall–Kier alpha value is -0.610. The summed E-state index contributed by atoms with van der Waals surface area (Å²) in [4.78, 5) is 4.66. The number of nitrogens with two attached hydrogens (primary N) is 1. The second-order valence-corrected chi connectivity index (χ2v) is 7.04. The first kappa shape index (κ1) is 10.3. The molecule has 0 radical (unpaired) electrons. The third-order valence-corrected chi connectivity index (χ3v) is 6.01. The van der Waals surface area contributed by atoms with Gasteiger partial charge in [-0.15, -0.1) is 11.3 Å². The number of nitrogens with zero attached hydrogens (tertiary/aromatic N) is 1. The normalized spacial score (nSPS) is 43.0. The lowest BCUT2D eigenvalue weighted by molar-refractivity contribution is -0.00392. The summed E-state index contributed by atoms with van der Waals surface area (Å²) in [7, 11) is 0. The lowest BCUT2D eigenvalue weighted by Crippen LogP contribution is -2.43. The highest BCUT2D eigenvalue weighted by Crippen LogP contribution is 2.59. The van der Waals surface area contributed by atoms with Crippen LogP contribution in [-0.4, -0.2) is 4.98 Å². The molecule has 0 unspecified atom stereocenters. The summed E-state index contributed by atoms with van der Waals surface area (Å²) < 4.78 is 0. The Morgan fingerprint density at radius 2 is 1.76 bits per heavy atom. The van der Waals surface area contributed by atoms with Gasteiger partial charge in [-0.2, -0.15) is 0 Å². The van der Waals surface area contributed by atoms with Crippen molar-refractivity contribution >= 4 is 16.5 Å². The molecule has 5 rings (SSSR count). The molecule has 92 valence electrons. The fraction of sp³-hybridized carbons (Fsp3) is 0.769. The number of hydrogen-bond acceptors (Lipinski definition) is 4. The van der Waals surface area contributed by atoms with Crippen molar-refractivity contribution in [3.8, 4) is 0 Å². The molecule has 0 saturated heterocycles. The number of aromatic nitrogens is 1. The number of anilines is 1. The lowest BCUT2D eigenvalue weighted by atomic mass is 9.51. The standard InChI is InChI=1S/C13H19N3S/c14-16-13-15-11(6-17-13)12-9-2-7-1-8(4-9)5-10(12)3-7/h6-10,12H,1-5,14H2,(H,15,16). The van der Waals surface area contributed by atoms with Crippen LogP contribution in [0.5, 0.6) is 0 Å². The minimum absolute atomic E-state index is 0.737. The Kier molecular flexibility index (Phi) is 2.24. The highest BCUT2D eigenvalue weighted by atomic mass is 32.1. The Morgan fingerprint density at radius 1 is 1.12 bits per heavy atom. The van der Waals surface area contributed by atoms with Crippen molar-refractivity contribution in [3.05, 3.63) is 11.1 Å². The molecule has 1 heterocycles. The van der Waals surface area contributed by atoms with Crippen molar-refractivity contribution in [2.75, 3.05) is 5.43 Å². The lowest BCUT2D eigenvalue weighted by Gasteiger charge is -2.54. The Morgan fingerprint density at radius 3 is 2.29 bits per heavy atom. The first-order valence-corrected chi connectivity index (χ1v) is 7.63. The van der Waals surface area contributed by atoms with Crippen LogP contribution in [-0.2, 0) is 0 Å². The van der Waals surface area contributed by atoms with Crippen LogP contribution >= 0.6 is 11.3 Å². The van der Waals surface area contributed by atoms with E-state index < -0.39 is 0 Å². The predicted octanol–water partition coefficient (Wildman–Crippen LogP) is 2.97. The zero-order chi connectivity index (χ0) is 11.4. The van der Waals surface area contributed by atoms with Crippen LogP contribution in [0.1, 0.15) is 43.7 Å². The number of rotatable bonds is 2. The number of nitrogens with one attached hydrogen (secondary N) is 1. The van der Waals surface area contributed by atoms with Gasteiger partial charge in [0.1, 0.15) is 0 Å². The van der Waals surface area contributed by atoms with E-state index in [0.29, 0.717) is 0 Å².